The van der Waals surface area contributed by atoms with Crippen molar-refractivity contribution in [1.82, 2.24) is 0 Å². The van der Waals surface area contributed by atoms with E-state index < -0.39 is 10.0 Å². The molecule has 112 valence electrons. The molecule has 2 aromatic carbocycles. The summed E-state index contributed by atoms with van der Waals surface area (Å²) in [6.45, 7) is 1.98. The Labute approximate surface area is 133 Å². The minimum absolute atomic E-state index is 0.0999. The molecular formula is C15H17BrN2O2S. The molecule has 0 amide bonds. The summed E-state index contributed by atoms with van der Waals surface area (Å²) >= 11 is 3.39. The lowest BCUT2D eigenvalue weighted by Crippen LogP contribution is -2.16. The molecule has 0 aliphatic carbocycles. The first kappa shape index (κ1) is 15.9. The molecular weight excluding hydrogens is 352 g/mol. The van der Waals surface area contributed by atoms with Crippen LogP contribution in [-0.4, -0.2) is 8.42 Å². The normalized spacial score (nSPS) is 11.3. The van der Waals surface area contributed by atoms with Gasteiger partial charge in [-0.05, 0) is 47.9 Å². The molecule has 0 spiro atoms. The van der Waals surface area contributed by atoms with Gasteiger partial charge in [0.25, 0.3) is 0 Å². The van der Waals surface area contributed by atoms with Crippen LogP contribution in [0.4, 0.5) is 11.4 Å². The Morgan fingerprint density at radius 1 is 1.19 bits per heavy atom. The molecule has 0 aliphatic rings. The van der Waals surface area contributed by atoms with E-state index in [1.807, 2.05) is 19.1 Å². The lowest BCUT2D eigenvalue weighted by Gasteiger charge is -2.12. The molecule has 2 rings (SSSR count). The molecule has 0 aliphatic heterocycles. The highest BCUT2D eigenvalue weighted by Crippen LogP contribution is 2.23. The molecule has 0 heterocycles. The maximum Gasteiger partial charge on any atom is 0.236 e. The zero-order chi connectivity index (χ0) is 15.5. The number of nitrogen functional groups attached to an aromatic ring is 1. The Morgan fingerprint density at radius 3 is 2.62 bits per heavy atom. The van der Waals surface area contributed by atoms with E-state index in [9.17, 15) is 8.42 Å². The van der Waals surface area contributed by atoms with Crippen molar-refractivity contribution >= 4 is 37.3 Å². The number of halogens is 1. The van der Waals surface area contributed by atoms with E-state index in [1.165, 1.54) is 0 Å². The van der Waals surface area contributed by atoms with Gasteiger partial charge < -0.3 is 5.73 Å². The van der Waals surface area contributed by atoms with Crippen LogP contribution in [0.5, 0.6) is 0 Å². The first-order valence-electron chi connectivity index (χ1n) is 6.53. The molecule has 0 atom stereocenters. The summed E-state index contributed by atoms with van der Waals surface area (Å²) < 4.78 is 28.1. The number of benzene rings is 2. The second-order valence-electron chi connectivity index (χ2n) is 4.76. The maximum absolute atomic E-state index is 12.3. The van der Waals surface area contributed by atoms with Gasteiger partial charge in [-0.15, -0.1) is 0 Å². The molecule has 21 heavy (non-hydrogen) atoms. The van der Waals surface area contributed by atoms with Crippen LogP contribution in [0.25, 0.3) is 0 Å². The van der Waals surface area contributed by atoms with Gasteiger partial charge in [0.15, 0.2) is 0 Å². The van der Waals surface area contributed by atoms with Crippen LogP contribution in [0.1, 0.15) is 18.1 Å². The van der Waals surface area contributed by atoms with Crippen LogP contribution in [0, 0.1) is 0 Å². The lowest BCUT2D eigenvalue weighted by atomic mass is 10.1. The van der Waals surface area contributed by atoms with Crippen molar-refractivity contribution in [2.45, 2.75) is 19.1 Å². The summed E-state index contributed by atoms with van der Waals surface area (Å²) in [5.74, 6) is -0.0999. The number of anilines is 2. The van der Waals surface area contributed by atoms with Crippen molar-refractivity contribution in [3.63, 3.8) is 0 Å². The van der Waals surface area contributed by atoms with Gasteiger partial charge in [0.1, 0.15) is 0 Å². The molecule has 2 aromatic rings. The van der Waals surface area contributed by atoms with E-state index in [-0.39, 0.29) is 5.75 Å². The van der Waals surface area contributed by atoms with Crippen LogP contribution in [0.3, 0.4) is 0 Å². The van der Waals surface area contributed by atoms with Gasteiger partial charge in [0.2, 0.25) is 10.0 Å². The van der Waals surface area contributed by atoms with Gasteiger partial charge in [0.05, 0.1) is 11.4 Å². The van der Waals surface area contributed by atoms with E-state index in [0.717, 1.165) is 16.5 Å². The molecule has 0 bridgehead atoms. The molecule has 0 saturated heterocycles. The minimum Gasteiger partial charge on any atom is -0.399 e. The minimum atomic E-state index is -3.47. The zero-order valence-corrected chi connectivity index (χ0v) is 14.0. The van der Waals surface area contributed by atoms with Crippen molar-refractivity contribution in [2.75, 3.05) is 10.5 Å². The van der Waals surface area contributed by atoms with E-state index in [0.29, 0.717) is 16.9 Å². The first-order chi connectivity index (χ1) is 9.89. The first-order valence-corrected chi connectivity index (χ1v) is 8.97. The fourth-order valence-corrected chi connectivity index (χ4v) is 3.69. The highest BCUT2D eigenvalue weighted by Gasteiger charge is 2.14. The molecule has 0 radical (unpaired) electrons. The number of nitrogens with two attached hydrogens (primary N) is 1. The number of aryl methyl sites for hydroxylation is 1. The van der Waals surface area contributed by atoms with E-state index in [1.54, 1.807) is 30.3 Å². The third kappa shape index (κ3) is 4.47. The molecule has 0 fully saturated rings. The molecule has 3 N–H and O–H groups in total. The van der Waals surface area contributed by atoms with Gasteiger partial charge in [-0.1, -0.05) is 35.0 Å². The Balaban J connectivity index is 2.22. The molecule has 0 unspecified atom stereocenters. The average Bonchev–Trinajstić information content (AvgIpc) is 2.40. The Bertz CT molecular complexity index is 745. The highest BCUT2D eigenvalue weighted by molar-refractivity contribution is 9.10. The van der Waals surface area contributed by atoms with Crippen LogP contribution < -0.4 is 10.5 Å². The van der Waals surface area contributed by atoms with Crippen LogP contribution in [0.2, 0.25) is 0 Å². The van der Waals surface area contributed by atoms with Crippen LogP contribution in [0.15, 0.2) is 46.9 Å². The summed E-state index contributed by atoms with van der Waals surface area (Å²) in [5.41, 5.74) is 8.45. The van der Waals surface area contributed by atoms with Crippen molar-refractivity contribution in [1.29, 1.82) is 0 Å². The summed E-state index contributed by atoms with van der Waals surface area (Å²) in [5, 5.41) is 0. The molecule has 0 aromatic heterocycles. The predicted molar refractivity (Wildman–Crippen MR) is 90.6 cm³/mol. The third-order valence-electron chi connectivity index (χ3n) is 3.02. The number of rotatable bonds is 5. The summed E-state index contributed by atoms with van der Waals surface area (Å²) in [4.78, 5) is 0. The van der Waals surface area contributed by atoms with Crippen molar-refractivity contribution < 1.29 is 8.42 Å². The maximum atomic E-state index is 12.3. The van der Waals surface area contributed by atoms with Gasteiger partial charge in [0, 0.05) is 10.2 Å². The lowest BCUT2D eigenvalue weighted by molar-refractivity contribution is 0.600. The fourth-order valence-electron chi connectivity index (χ4n) is 2.06. The Kier molecular flexibility index (Phi) is 4.90. The van der Waals surface area contributed by atoms with Gasteiger partial charge in [-0.3, -0.25) is 4.72 Å². The van der Waals surface area contributed by atoms with Crippen molar-refractivity contribution in [3.8, 4) is 0 Å². The van der Waals surface area contributed by atoms with E-state index in [4.69, 9.17) is 5.73 Å². The smallest absolute Gasteiger partial charge is 0.236 e. The second-order valence-corrected chi connectivity index (χ2v) is 7.40. The summed E-state index contributed by atoms with van der Waals surface area (Å²) in [6.07, 6.45) is 0.746. The number of hydrogen-bond donors (Lipinski definition) is 2. The highest BCUT2D eigenvalue weighted by atomic mass is 79.9. The number of hydrogen-bond acceptors (Lipinski definition) is 3. The Hall–Kier alpha value is -1.53. The topological polar surface area (TPSA) is 72.2 Å². The molecule has 6 heteroatoms. The number of nitrogens with one attached hydrogen (secondary N) is 1. The summed E-state index contributed by atoms with van der Waals surface area (Å²) in [6, 6.07) is 12.4. The van der Waals surface area contributed by atoms with Gasteiger partial charge in [-0.2, -0.15) is 0 Å². The molecule has 4 nitrogen and oxygen atoms in total. The average molecular weight is 369 g/mol. The SMILES string of the molecule is CCc1cc(Br)ccc1NS(=O)(=O)Cc1cccc(N)c1. The quantitative estimate of drug-likeness (QED) is 0.792. The van der Waals surface area contributed by atoms with Gasteiger partial charge in [-0.25, -0.2) is 8.42 Å². The molecule has 0 saturated carbocycles. The fraction of sp³-hybridized carbons (Fsp3) is 0.200. The van der Waals surface area contributed by atoms with Crippen LogP contribution in [-0.2, 0) is 22.2 Å². The van der Waals surface area contributed by atoms with Gasteiger partial charge >= 0.3 is 0 Å². The largest absolute Gasteiger partial charge is 0.399 e. The number of sulfonamides is 1. The second kappa shape index (κ2) is 6.49. The summed E-state index contributed by atoms with van der Waals surface area (Å²) in [7, 11) is -3.47. The predicted octanol–water partition coefficient (Wildman–Crippen LogP) is 3.54. The standard InChI is InChI=1S/C15H17BrN2O2S/c1-2-12-9-13(16)6-7-15(12)18-21(19,20)10-11-4-3-5-14(17)8-11/h3-9,18H,2,10,17H2,1H3. The Morgan fingerprint density at radius 2 is 1.95 bits per heavy atom. The van der Waals surface area contributed by atoms with E-state index in [2.05, 4.69) is 20.7 Å². The monoisotopic (exact) mass is 368 g/mol. The van der Waals surface area contributed by atoms with Crippen molar-refractivity contribution in [3.05, 3.63) is 58.1 Å². The van der Waals surface area contributed by atoms with E-state index >= 15 is 0 Å². The third-order valence-corrected chi connectivity index (χ3v) is 4.76. The van der Waals surface area contributed by atoms with Crippen molar-refractivity contribution in [2.24, 2.45) is 0 Å². The van der Waals surface area contributed by atoms with Crippen LogP contribution >= 0.6 is 15.9 Å². The zero-order valence-electron chi connectivity index (χ0n) is 11.6.